The summed E-state index contributed by atoms with van der Waals surface area (Å²) in [5.74, 6) is 0. The molecular formula is C13H19BrN2. The molecule has 1 aromatic carbocycles. The van der Waals surface area contributed by atoms with Gasteiger partial charge in [0.25, 0.3) is 0 Å². The van der Waals surface area contributed by atoms with Crippen LogP contribution in [0.5, 0.6) is 0 Å². The summed E-state index contributed by atoms with van der Waals surface area (Å²) in [4.78, 5) is 2.48. The fourth-order valence-corrected chi connectivity index (χ4v) is 2.70. The summed E-state index contributed by atoms with van der Waals surface area (Å²) < 4.78 is 1.23. The Morgan fingerprint density at radius 2 is 2.12 bits per heavy atom. The van der Waals surface area contributed by atoms with E-state index in [1.807, 2.05) is 0 Å². The number of hydrogen-bond donors (Lipinski definition) is 1. The van der Waals surface area contributed by atoms with Crippen molar-refractivity contribution < 1.29 is 0 Å². The van der Waals surface area contributed by atoms with Gasteiger partial charge in [0.05, 0.1) is 5.69 Å². The maximum Gasteiger partial charge on any atom is 0.0516 e. The maximum absolute atomic E-state index is 3.70. The van der Waals surface area contributed by atoms with Crippen molar-refractivity contribution in [2.45, 2.75) is 32.9 Å². The Bertz CT molecular complexity index is 378. The topological polar surface area (TPSA) is 15.3 Å². The zero-order valence-electron chi connectivity index (χ0n) is 10.1. The average molecular weight is 283 g/mol. The summed E-state index contributed by atoms with van der Waals surface area (Å²) in [7, 11) is 0. The number of benzene rings is 1. The fraction of sp³-hybridized carbons (Fsp3) is 0.538. The molecule has 88 valence electrons. The van der Waals surface area contributed by atoms with E-state index in [0.29, 0.717) is 12.1 Å². The fourth-order valence-electron chi connectivity index (χ4n) is 2.21. The molecule has 0 amide bonds. The van der Waals surface area contributed by atoms with Gasteiger partial charge < -0.3 is 10.2 Å². The van der Waals surface area contributed by atoms with Crippen LogP contribution in [0.1, 0.15) is 19.4 Å². The zero-order valence-corrected chi connectivity index (χ0v) is 11.7. The van der Waals surface area contributed by atoms with Crippen molar-refractivity contribution >= 4 is 21.6 Å². The van der Waals surface area contributed by atoms with E-state index >= 15 is 0 Å². The number of hydrogen-bond acceptors (Lipinski definition) is 2. The van der Waals surface area contributed by atoms with Gasteiger partial charge in [0.15, 0.2) is 0 Å². The van der Waals surface area contributed by atoms with Gasteiger partial charge in [0.1, 0.15) is 0 Å². The Kier molecular flexibility index (Phi) is 3.55. The molecule has 3 heteroatoms. The SMILES string of the molecule is Cc1cccc(N2CC(C)NCC2C)c1Br. The molecule has 0 radical (unpaired) electrons. The molecule has 2 rings (SSSR count). The van der Waals surface area contributed by atoms with Gasteiger partial charge in [-0.25, -0.2) is 0 Å². The number of halogens is 1. The first kappa shape index (κ1) is 11.9. The highest BCUT2D eigenvalue weighted by Crippen LogP contribution is 2.31. The molecule has 1 aliphatic rings. The molecule has 0 saturated carbocycles. The molecule has 1 aliphatic heterocycles. The molecule has 16 heavy (non-hydrogen) atoms. The van der Waals surface area contributed by atoms with Crippen LogP contribution in [0.3, 0.4) is 0 Å². The van der Waals surface area contributed by atoms with Crippen LogP contribution in [0.15, 0.2) is 22.7 Å². The molecule has 2 nitrogen and oxygen atoms in total. The van der Waals surface area contributed by atoms with Gasteiger partial charge in [-0.05, 0) is 48.3 Å². The molecule has 1 aromatic rings. The molecule has 2 unspecified atom stereocenters. The standard InChI is InChI=1S/C13H19BrN2/c1-9-5-4-6-12(13(9)14)16-8-10(2)15-7-11(16)3/h4-6,10-11,15H,7-8H2,1-3H3. The van der Waals surface area contributed by atoms with Crippen molar-refractivity contribution in [3.05, 3.63) is 28.2 Å². The van der Waals surface area contributed by atoms with Gasteiger partial charge in [0.2, 0.25) is 0 Å². The van der Waals surface area contributed by atoms with Crippen molar-refractivity contribution in [1.29, 1.82) is 0 Å². The number of nitrogens with one attached hydrogen (secondary N) is 1. The van der Waals surface area contributed by atoms with Crippen molar-refractivity contribution in [3.8, 4) is 0 Å². The first-order valence-electron chi connectivity index (χ1n) is 5.84. The predicted molar refractivity (Wildman–Crippen MR) is 73.2 cm³/mol. The second-order valence-electron chi connectivity index (χ2n) is 4.72. The van der Waals surface area contributed by atoms with Gasteiger partial charge in [-0.2, -0.15) is 0 Å². The minimum absolute atomic E-state index is 0.550. The van der Waals surface area contributed by atoms with Crippen LogP contribution in [0.2, 0.25) is 0 Å². The summed E-state index contributed by atoms with van der Waals surface area (Å²) in [6.45, 7) is 8.78. The summed E-state index contributed by atoms with van der Waals surface area (Å²) in [6, 6.07) is 7.59. The van der Waals surface area contributed by atoms with Crippen LogP contribution in [0.4, 0.5) is 5.69 Å². The predicted octanol–water partition coefficient (Wildman–Crippen LogP) is 2.94. The van der Waals surface area contributed by atoms with Gasteiger partial charge >= 0.3 is 0 Å². The Hall–Kier alpha value is -0.540. The Labute approximate surface area is 106 Å². The molecular weight excluding hydrogens is 264 g/mol. The molecule has 0 aromatic heterocycles. The van der Waals surface area contributed by atoms with Crippen LogP contribution in [-0.4, -0.2) is 25.2 Å². The zero-order chi connectivity index (χ0) is 11.7. The summed E-state index contributed by atoms with van der Waals surface area (Å²) in [5.41, 5.74) is 2.62. The van der Waals surface area contributed by atoms with E-state index in [1.54, 1.807) is 0 Å². The number of rotatable bonds is 1. The lowest BCUT2D eigenvalue weighted by molar-refractivity contribution is 0.424. The largest absolute Gasteiger partial charge is 0.365 e. The monoisotopic (exact) mass is 282 g/mol. The van der Waals surface area contributed by atoms with Gasteiger partial charge in [-0.15, -0.1) is 0 Å². The third kappa shape index (κ3) is 2.25. The van der Waals surface area contributed by atoms with E-state index in [9.17, 15) is 0 Å². The molecule has 1 heterocycles. The van der Waals surface area contributed by atoms with Crippen LogP contribution in [-0.2, 0) is 0 Å². The van der Waals surface area contributed by atoms with E-state index in [1.165, 1.54) is 15.7 Å². The number of anilines is 1. The molecule has 0 bridgehead atoms. The highest BCUT2D eigenvalue weighted by Gasteiger charge is 2.24. The Morgan fingerprint density at radius 1 is 1.38 bits per heavy atom. The van der Waals surface area contributed by atoms with E-state index in [0.717, 1.165) is 13.1 Å². The third-order valence-corrected chi connectivity index (χ3v) is 4.28. The normalized spacial score (nSPS) is 25.9. The molecule has 1 fully saturated rings. The first-order chi connectivity index (χ1) is 7.59. The molecule has 2 atom stereocenters. The van der Waals surface area contributed by atoms with Gasteiger partial charge in [-0.3, -0.25) is 0 Å². The van der Waals surface area contributed by atoms with E-state index in [-0.39, 0.29) is 0 Å². The van der Waals surface area contributed by atoms with E-state index < -0.39 is 0 Å². The Morgan fingerprint density at radius 3 is 2.88 bits per heavy atom. The summed E-state index contributed by atoms with van der Waals surface area (Å²) >= 11 is 3.70. The van der Waals surface area contributed by atoms with Crippen molar-refractivity contribution in [3.63, 3.8) is 0 Å². The van der Waals surface area contributed by atoms with Gasteiger partial charge in [-0.1, -0.05) is 12.1 Å². The van der Waals surface area contributed by atoms with Crippen LogP contribution >= 0.6 is 15.9 Å². The first-order valence-corrected chi connectivity index (χ1v) is 6.64. The summed E-state index contributed by atoms with van der Waals surface area (Å²) in [5, 5.41) is 3.51. The Balaban J connectivity index is 2.31. The number of piperazine rings is 1. The average Bonchev–Trinajstić information content (AvgIpc) is 2.26. The third-order valence-electron chi connectivity index (χ3n) is 3.25. The maximum atomic E-state index is 3.70. The van der Waals surface area contributed by atoms with E-state index in [2.05, 4.69) is 65.1 Å². The van der Waals surface area contributed by atoms with Crippen LogP contribution in [0, 0.1) is 6.92 Å². The highest BCUT2D eigenvalue weighted by atomic mass is 79.9. The quantitative estimate of drug-likeness (QED) is 0.852. The minimum atomic E-state index is 0.550. The molecule has 0 spiro atoms. The molecule has 1 saturated heterocycles. The van der Waals surface area contributed by atoms with Crippen molar-refractivity contribution in [1.82, 2.24) is 5.32 Å². The lowest BCUT2D eigenvalue weighted by Crippen LogP contribution is -2.54. The van der Waals surface area contributed by atoms with Crippen molar-refractivity contribution in [2.75, 3.05) is 18.0 Å². The van der Waals surface area contributed by atoms with Crippen molar-refractivity contribution in [2.24, 2.45) is 0 Å². The smallest absolute Gasteiger partial charge is 0.0516 e. The summed E-state index contributed by atoms with van der Waals surface area (Å²) in [6.07, 6.45) is 0. The van der Waals surface area contributed by atoms with Crippen LogP contribution in [0.25, 0.3) is 0 Å². The minimum Gasteiger partial charge on any atom is -0.365 e. The number of aryl methyl sites for hydroxylation is 1. The highest BCUT2D eigenvalue weighted by molar-refractivity contribution is 9.10. The molecule has 0 aliphatic carbocycles. The molecule has 1 N–H and O–H groups in total. The lowest BCUT2D eigenvalue weighted by Gasteiger charge is -2.40. The van der Waals surface area contributed by atoms with E-state index in [4.69, 9.17) is 0 Å². The second kappa shape index (κ2) is 4.76. The van der Waals surface area contributed by atoms with Crippen LogP contribution < -0.4 is 10.2 Å². The number of nitrogens with zero attached hydrogens (tertiary/aromatic N) is 1. The second-order valence-corrected chi connectivity index (χ2v) is 5.51. The lowest BCUT2D eigenvalue weighted by atomic mass is 10.1. The van der Waals surface area contributed by atoms with Gasteiger partial charge in [0, 0.05) is 29.6 Å².